The fourth-order valence-corrected chi connectivity index (χ4v) is 2.19. The van der Waals surface area contributed by atoms with Gasteiger partial charge >= 0.3 is 0 Å². The van der Waals surface area contributed by atoms with E-state index in [1.165, 1.54) is 0 Å². The van der Waals surface area contributed by atoms with Crippen molar-refractivity contribution < 1.29 is 9.15 Å². The van der Waals surface area contributed by atoms with Crippen molar-refractivity contribution in [3.05, 3.63) is 17.8 Å². The van der Waals surface area contributed by atoms with Crippen LogP contribution in [-0.2, 0) is 17.6 Å². The first-order valence-corrected chi connectivity index (χ1v) is 6.54. The molecule has 96 valence electrons. The molecule has 1 aromatic heterocycles. The van der Waals surface area contributed by atoms with Crippen LogP contribution in [0.3, 0.4) is 0 Å². The molecule has 0 spiro atoms. The topological polar surface area (TPSA) is 47.3 Å². The molecular weight excluding hydrogens is 216 g/mol. The van der Waals surface area contributed by atoms with Gasteiger partial charge in [0.25, 0.3) is 0 Å². The Morgan fingerprint density at radius 1 is 1.41 bits per heavy atom. The van der Waals surface area contributed by atoms with Crippen LogP contribution in [-0.4, -0.2) is 31.8 Å². The predicted molar refractivity (Wildman–Crippen MR) is 66.0 cm³/mol. The van der Waals surface area contributed by atoms with Crippen LogP contribution in [0.25, 0.3) is 0 Å². The molecule has 0 amide bonds. The molecule has 1 aliphatic rings. The molecule has 17 heavy (non-hydrogen) atoms. The van der Waals surface area contributed by atoms with Crippen LogP contribution in [0.4, 0.5) is 0 Å². The zero-order valence-corrected chi connectivity index (χ0v) is 10.6. The Labute approximate surface area is 103 Å². The highest BCUT2D eigenvalue weighted by Gasteiger charge is 2.16. The van der Waals surface area contributed by atoms with Gasteiger partial charge in [-0.3, -0.25) is 0 Å². The Morgan fingerprint density at radius 3 is 3.00 bits per heavy atom. The van der Waals surface area contributed by atoms with E-state index in [1.807, 2.05) is 13.2 Å². The van der Waals surface area contributed by atoms with Crippen LogP contribution in [0.2, 0.25) is 0 Å². The summed E-state index contributed by atoms with van der Waals surface area (Å²) in [5.74, 6) is 2.60. The first-order valence-electron chi connectivity index (χ1n) is 6.54. The third-order valence-electron chi connectivity index (χ3n) is 3.26. The lowest BCUT2D eigenvalue weighted by Gasteiger charge is -2.20. The molecule has 4 heteroatoms. The number of aryl methyl sites for hydroxylation is 1. The molecule has 1 fully saturated rings. The third-order valence-corrected chi connectivity index (χ3v) is 3.26. The quantitative estimate of drug-likeness (QED) is 0.768. The second-order valence-corrected chi connectivity index (χ2v) is 4.69. The van der Waals surface area contributed by atoms with Gasteiger partial charge in [0.05, 0.1) is 6.20 Å². The highest BCUT2D eigenvalue weighted by molar-refractivity contribution is 4.95. The molecule has 0 radical (unpaired) electrons. The molecule has 1 aliphatic heterocycles. The summed E-state index contributed by atoms with van der Waals surface area (Å²) in [6, 6.07) is 0. The monoisotopic (exact) mass is 238 g/mol. The Kier molecular flexibility index (Phi) is 5.01. The lowest BCUT2D eigenvalue weighted by molar-refractivity contribution is 0.0646. The SMILES string of the molecule is CNCCCc1cnc(CC2CCOCC2)o1. The molecule has 0 aliphatic carbocycles. The molecule has 0 atom stereocenters. The van der Waals surface area contributed by atoms with Crippen molar-refractivity contribution in [3.63, 3.8) is 0 Å². The zero-order chi connectivity index (χ0) is 11.9. The maximum atomic E-state index is 5.75. The summed E-state index contributed by atoms with van der Waals surface area (Å²) in [5, 5.41) is 3.13. The van der Waals surface area contributed by atoms with Crippen LogP contribution in [0.15, 0.2) is 10.6 Å². The van der Waals surface area contributed by atoms with E-state index < -0.39 is 0 Å². The van der Waals surface area contributed by atoms with Crippen LogP contribution in [0.1, 0.15) is 30.9 Å². The van der Waals surface area contributed by atoms with Gasteiger partial charge in [0.1, 0.15) is 5.76 Å². The van der Waals surface area contributed by atoms with E-state index in [0.717, 1.165) is 63.5 Å². The van der Waals surface area contributed by atoms with E-state index in [4.69, 9.17) is 9.15 Å². The number of aromatic nitrogens is 1. The van der Waals surface area contributed by atoms with Crippen LogP contribution in [0, 0.1) is 5.92 Å². The molecule has 1 N–H and O–H groups in total. The molecule has 2 rings (SSSR count). The van der Waals surface area contributed by atoms with E-state index in [1.54, 1.807) is 0 Å². The average Bonchev–Trinajstić information content (AvgIpc) is 2.79. The normalized spacial score (nSPS) is 17.5. The number of hydrogen-bond donors (Lipinski definition) is 1. The van der Waals surface area contributed by atoms with Gasteiger partial charge in [-0.15, -0.1) is 0 Å². The number of oxazole rings is 1. The van der Waals surface area contributed by atoms with Gasteiger partial charge in [-0.05, 0) is 38.8 Å². The summed E-state index contributed by atoms with van der Waals surface area (Å²) in [6.07, 6.45) is 7.19. The molecule has 4 nitrogen and oxygen atoms in total. The Morgan fingerprint density at radius 2 is 2.24 bits per heavy atom. The summed E-state index contributed by atoms with van der Waals surface area (Å²) < 4.78 is 11.1. The fourth-order valence-electron chi connectivity index (χ4n) is 2.19. The summed E-state index contributed by atoms with van der Waals surface area (Å²) >= 11 is 0. The van der Waals surface area contributed by atoms with E-state index in [9.17, 15) is 0 Å². The van der Waals surface area contributed by atoms with Crippen molar-refractivity contribution in [2.75, 3.05) is 26.8 Å². The Hall–Kier alpha value is -0.870. The lowest BCUT2D eigenvalue weighted by Crippen LogP contribution is -2.17. The van der Waals surface area contributed by atoms with Gasteiger partial charge < -0.3 is 14.5 Å². The predicted octanol–water partition coefficient (Wildman–Crippen LogP) is 1.80. The molecule has 0 bridgehead atoms. The van der Waals surface area contributed by atoms with Gasteiger partial charge in [0.2, 0.25) is 0 Å². The van der Waals surface area contributed by atoms with Crippen LogP contribution < -0.4 is 5.32 Å². The number of ether oxygens (including phenoxy) is 1. The number of rotatable bonds is 6. The smallest absolute Gasteiger partial charge is 0.194 e. The van der Waals surface area contributed by atoms with Gasteiger partial charge in [-0.2, -0.15) is 0 Å². The van der Waals surface area contributed by atoms with E-state index in [-0.39, 0.29) is 0 Å². The zero-order valence-electron chi connectivity index (χ0n) is 10.6. The largest absolute Gasteiger partial charge is 0.446 e. The summed E-state index contributed by atoms with van der Waals surface area (Å²) in [4.78, 5) is 4.36. The minimum atomic E-state index is 0.688. The molecule has 1 saturated heterocycles. The minimum absolute atomic E-state index is 0.688. The van der Waals surface area contributed by atoms with Gasteiger partial charge in [0.15, 0.2) is 5.89 Å². The first-order chi connectivity index (χ1) is 8.38. The second kappa shape index (κ2) is 6.77. The molecule has 0 aromatic carbocycles. The Bertz CT molecular complexity index is 319. The first kappa shape index (κ1) is 12.6. The maximum absolute atomic E-state index is 5.75. The number of nitrogens with one attached hydrogen (secondary N) is 1. The molecule has 0 saturated carbocycles. The standard InChI is InChI=1S/C13H22N2O2/c1-14-6-2-3-12-10-15-13(17-12)9-11-4-7-16-8-5-11/h10-11,14H,2-9H2,1H3. The summed E-state index contributed by atoms with van der Waals surface area (Å²) in [6.45, 7) is 2.80. The van der Waals surface area contributed by atoms with E-state index in [0.29, 0.717) is 5.92 Å². The molecule has 1 aromatic rings. The van der Waals surface area contributed by atoms with E-state index >= 15 is 0 Å². The molecule has 2 heterocycles. The van der Waals surface area contributed by atoms with Crippen molar-refractivity contribution in [1.29, 1.82) is 0 Å². The van der Waals surface area contributed by atoms with E-state index in [2.05, 4.69) is 10.3 Å². The van der Waals surface area contributed by atoms with Crippen molar-refractivity contribution in [2.24, 2.45) is 5.92 Å². The number of hydrogen-bond acceptors (Lipinski definition) is 4. The van der Waals surface area contributed by atoms with Crippen molar-refractivity contribution in [1.82, 2.24) is 10.3 Å². The highest BCUT2D eigenvalue weighted by Crippen LogP contribution is 2.20. The molecular formula is C13H22N2O2. The van der Waals surface area contributed by atoms with Gasteiger partial charge in [-0.1, -0.05) is 0 Å². The van der Waals surface area contributed by atoms with Gasteiger partial charge in [0, 0.05) is 26.1 Å². The third kappa shape index (κ3) is 4.13. The second-order valence-electron chi connectivity index (χ2n) is 4.69. The summed E-state index contributed by atoms with van der Waals surface area (Å²) in [5.41, 5.74) is 0. The molecule has 0 unspecified atom stereocenters. The van der Waals surface area contributed by atoms with Crippen molar-refractivity contribution in [2.45, 2.75) is 32.1 Å². The Balaban J connectivity index is 1.76. The van der Waals surface area contributed by atoms with Crippen molar-refractivity contribution in [3.8, 4) is 0 Å². The van der Waals surface area contributed by atoms with Crippen LogP contribution >= 0.6 is 0 Å². The van der Waals surface area contributed by atoms with Crippen LogP contribution in [0.5, 0.6) is 0 Å². The highest BCUT2D eigenvalue weighted by atomic mass is 16.5. The van der Waals surface area contributed by atoms with Gasteiger partial charge in [-0.25, -0.2) is 4.98 Å². The van der Waals surface area contributed by atoms with Crippen molar-refractivity contribution >= 4 is 0 Å². The lowest BCUT2D eigenvalue weighted by atomic mass is 9.97. The maximum Gasteiger partial charge on any atom is 0.194 e. The summed E-state index contributed by atoms with van der Waals surface area (Å²) in [7, 11) is 1.97. The number of nitrogens with zero attached hydrogens (tertiary/aromatic N) is 1. The fraction of sp³-hybridized carbons (Fsp3) is 0.769. The average molecular weight is 238 g/mol. The minimum Gasteiger partial charge on any atom is -0.446 e.